The Morgan fingerprint density at radius 3 is 2.74 bits per heavy atom. The van der Waals surface area contributed by atoms with E-state index in [2.05, 4.69) is 9.97 Å². The molecule has 102 valence electrons. The fraction of sp³-hybridized carbons (Fsp3) is 0.417. The van der Waals surface area contributed by atoms with Crippen LogP contribution in [0.1, 0.15) is 36.2 Å². The van der Waals surface area contributed by atoms with E-state index in [1.165, 1.54) is 15.9 Å². The molecule has 19 heavy (non-hydrogen) atoms. The first-order valence-electron chi connectivity index (χ1n) is 5.91. The molecule has 0 saturated heterocycles. The molecule has 0 aliphatic heterocycles. The number of rotatable bonds is 3. The lowest BCUT2D eigenvalue weighted by atomic mass is 10.2. The summed E-state index contributed by atoms with van der Waals surface area (Å²) in [5.41, 5.74) is 0.437. The number of nitrogens with zero attached hydrogens (tertiary/aromatic N) is 2. The number of H-pyrrole nitrogens is 1. The van der Waals surface area contributed by atoms with Crippen molar-refractivity contribution in [3.05, 3.63) is 47.6 Å². The van der Waals surface area contributed by atoms with E-state index in [0.29, 0.717) is 12.0 Å². The standard InChI is InChI=1S/C12H14ClN3O2S/c1-4-8-9(13)15-12(18)16(11(8)17)7(3)10-14-6(2)5-19-10/h5,7H,4H2,1-3H3,(H,15,18). The Morgan fingerprint density at radius 1 is 1.53 bits per heavy atom. The Labute approximate surface area is 118 Å². The van der Waals surface area contributed by atoms with Crippen LogP contribution in [0.15, 0.2) is 15.0 Å². The number of hydrogen-bond donors (Lipinski definition) is 1. The predicted octanol–water partition coefficient (Wildman–Crippen LogP) is 2.13. The highest BCUT2D eigenvalue weighted by Crippen LogP contribution is 2.19. The summed E-state index contributed by atoms with van der Waals surface area (Å²) in [5, 5.41) is 2.74. The number of halogens is 1. The summed E-state index contributed by atoms with van der Waals surface area (Å²) in [6.45, 7) is 5.48. The molecule has 2 aromatic heterocycles. The molecule has 0 aromatic carbocycles. The fourth-order valence-corrected chi connectivity index (χ4v) is 3.03. The summed E-state index contributed by atoms with van der Waals surface area (Å²) < 4.78 is 1.17. The summed E-state index contributed by atoms with van der Waals surface area (Å²) in [7, 11) is 0. The smallest absolute Gasteiger partial charge is 0.297 e. The number of thiazole rings is 1. The van der Waals surface area contributed by atoms with Gasteiger partial charge in [-0.15, -0.1) is 11.3 Å². The predicted molar refractivity (Wildman–Crippen MR) is 76.4 cm³/mol. The van der Waals surface area contributed by atoms with Gasteiger partial charge in [0.2, 0.25) is 0 Å². The third-order valence-corrected chi connectivity index (χ3v) is 4.37. The van der Waals surface area contributed by atoms with E-state index in [0.717, 1.165) is 10.7 Å². The lowest BCUT2D eigenvalue weighted by Gasteiger charge is -2.13. The molecule has 0 radical (unpaired) electrons. The van der Waals surface area contributed by atoms with Gasteiger partial charge in [-0.2, -0.15) is 0 Å². The van der Waals surface area contributed by atoms with E-state index in [1.807, 2.05) is 19.2 Å². The molecule has 1 atom stereocenters. The van der Waals surface area contributed by atoms with Crippen LogP contribution < -0.4 is 11.2 Å². The molecule has 0 amide bonds. The molecular weight excluding hydrogens is 286 g/mol. The maximum absolute atomic E-state index is 12.3. The van der Waals surface area contributed by atoms with Gasteiger partial charge in [0, 0.05) is 11.1 Å². The number of aromatic nitrogens is 3. The van der Waals surface area contributed by atoms with Crippen molar-refractivity contribution in [3.8, 4) is 0 Å². The number of hydrogen-bond acceptors (Lipinski definition) is 4. The van der Waals surface area contributed by atoms with Crippen LogP contribution in [0.5, 0.6) is 0 Å². The van der Waals surface area contributed by atoms with Gasteiger partial charge in [0.15, 0.2) is 0 Å². The first-order chi connectivity index (χ1) is 8.95. The Hall–Kier alpha value is -1.40. The van der Waals surface area contributed by atoms with E-state index in [4.69, 9.17) is 11.6 Å². The second-order valence-corrected chi connectivity index (χ2v) is 5.52. The van der Waals surface area contributed by atoms with Gasteiger partial charge in [-0.1, -0.05) is 18.5 Å². The van der Waals surface area contributed by atoms with Gasteiger partial charge in [0.25, 0.3) is 5.56 Å². The minimum atomic E-state index is -0.507. The van der Waals surface area contributed by atoms with Gasteiger partial charge in [-0.25, -0.2) is 9.78 Å². The maximum atomic E-state index is 12.3. The average Bonchev–Trinajstić information content (AvgIpc) is 2.75. The molecule has 1 N–H and O–H groups in total. The molecule has 0 bridgehead atoms. The van der Waals surface area contributed by atoms with Crippen LogP contribution in [0.25, 0.3) is 0 Å². The first kappa shape index (κ1) is 14.0. The van der Waals surface area contributed by atoms with Crippen LogP contribution in [0, 0.1) is 6.92 Å². The van der Waals surface area contributed by atoms with Crippen molar-refractivity contribution in [2.45, 2.75) is 33.2 Å². The summed E-state index contributed by atoms with van der Waals surface area (Å²) >= 11 is 7.31. The lowest BCUT2D eigenvalue weighted by Crippen LogP contribution is -2.39. The van der Waals surface area contributed by atoms with Crippen molar-refractivity contribution in [3.63, 3.8) is 0 Å². The van der Waals surface area contributed by atoms with Gasteiger partial charge in [0.1, 0.15) is 10.2 Å². The zero-order chi connectivity index (χ0) is 14.2. The minimum Gasteiger partial charge on any atom is -0.297 e. The zero-order valence-corrected chi connectivity index (χ0v) is 12.4. The molecule has 2 heterocycles. The number of aromatic amines is 1. The molecule has 2 rings (SSSR count). The molecular formula is C12H14ClN3O2S. The fourth-order valence-electron chi connectivity index (χ4n) is 1.89. The van der Waals surface area contributed by atoms with Crippen LogP contribution in [0.3, 0.4) is 0 Å². The molecule has 0 aliphatic rings. The third kappa shape index (κ3) is 2.50. The molecule has 0 fully saturated rings. The van der Waals surface area contributed by atoms with E-state index in [1.54, 1.807) is 6.92 Å². The molecule has 0 saturated carbocycles. The summed E-state index contributed by atoms with van der Waals surface area (Å²) in [5.74, 6) is 0. The lowest BCUT2D eigenvalue weighted by molar-refractivity contribution is 0.568. The van der Waals surface area contributed by atoms with E-state index < -0.39 is 11.7 Å². The monoisotopic (exact) mass is 299 g/mol. The first-order valence-corrected chi connectivity index (χ1v) is 7.16. The second-order valence-electron chi connectivity index (χ2n) is 4.25. The average molecular weight is 300 g/mol. The van der Waals surface area contributed by atoms with Crippen molar-refractivity contribution >= 4 is 22.9 Å². The van der Waals surface area contributed by atoms with Crippen LogP contribution in [0.4, 0.5) is 0 Å². The van der Waals surface area contributed by atoms with E-state index in [9.17, 15) is 9.59 Å². The van der Waals surface area contributed by atoms with Crippen LogP contribution in [-0.2, 0) is 6.42 Å². The summed E-state index contributed by atoms with van der Waals surface area (Å²) in [6, 6.07) is -0.405. The Balaban J connectivity index is 2.63. The molecule has 0 aliphatic carbocycles. The topological polar surface area (TPSA) is 67.8 Å². The van der Waals surface area contributed by atoms with E-state index in [-0.39, 0.29) is 10.7 Å². The summed E-state index contributed by atoms with van der Waals surface area (Å²) in [4.78, 5) is 31.1. The normalized spacial score (nSPS) is 12.6. The molecule has 7 heteroatoms. The van der Waals surface area contributed by atoms with Gasteiger partial charge in [-0.3, -0.25) is 14.3 Å². The molecule has 1 unspecified atom stereocenters. The number of nitrogens with one attached hydrogen (secondary N) is 1. The number of aryl methyl sites for hydroxylation is 1. The van der Waals surface area contributed by atoms with Crippen LogP contribution in [-0.4, -0.2) is 14.5 Å². The molecule has 0 spiro atoms. The third-order valence-electron chi connectivity index (χ3n) is 2.91. The van der Waals surface area contributed by atoms with Gasteiger partial charge < -0.3 is 0 Å². The Bertz CT molecular complexity index is 716. The second kappa shape index (κ2) is 5.30. The highest BCUT2D eigenvalue weighted by atomic mass is 35.5. The van der Waals surface area contributed by atoms with Crippen molar-refractivity contribution in [1.82, 2.24) is 14.5 Å². The van der Waals surface area contributed by atoms with Crippen LogP contribution in [0.2, 0.25) is 5.15 Å². The van der Waals surface area contributed by atoms with Gasteiger partial charge >= 0.3 is 5.69 Å². The van der Waals surface area contributed by atoms with E-state index >= 15 is 0 Å². The van der Waals surface area contributed by atoms with Crippen molar-refractivity contribution in [2.24, 2.45) is 0 Å². The van der Waals surface area contributed by atoms with Crippen molar-refractivity contribution in [2.75, 3.05) is 0 Å². The van der Waals surface area contributed by atoms with Crippen molar-refractivity contribution < 1.29 is 0 Å². The quantitative estimate of drug-likeness (QED) is 0.883. The largest absolute Gasteiger partial charge is 0.330 e. The summed E-state index contributed by atoms with van der Waals surface area (Å²) in [6.07, 6.45) is 0.470. The minimum absolute atomic E-state index is 0.122. The molecule has 5 nitrogen and oxygen atoms in total. The van der Waals surface area contributed by atoms with Crippen molar-refractivity contribution in [1.29, 1.82) is 0 Å². The zero-order valence-electron chi connectivity index (χ0n) is 10.9. The highest BCUT2D eigenvalue weighted by Gasteiger charge is 2.19. The Morgan fingerprint density at radius 2 is 2.21 bits per heavy atom. The Kier molecular flexibility index (Phi) is 3.91. The van der Waals surface area contributed by atoms with Gasteiger partial charge in [0.05, 0.1) is 11.6 Å². The van der Waals surface area contributed by atoms with Crippen LogP contribution >= 0.6 is 22.9 Å². The van der Waals surface area contributed by atoms with Gasteiger partial charge in [-0.05, 0) is 20.3 Å². The maximum Gasteiger partial charge on any atom is 0.330 e. The highest BCUT2D eigenvalue weighted by molar-refractivity contribution is 7.09. The SMILES string of the molecule is CCc1c(Cl)[nH]c(=O)n(C(C)c2nc(C)cs2)c1=O. The molecule has 2 aromatic rings.